The van der Waals surface area contributed by atoms with Gasteiger partial charge in [-0.2, -0.15) is 0 Å². The van der Waals surface area contributed by atoms with Gasteiger partial charge in [-0.05, 0) is 91.8 Å². The zero-order chi connectivity index (χ0) is 14.8. The zero-order valence-electron chi connectivity index (χ0n) is 14.2. The Morgan fingerprint density at radius 2 is 1.52 bits per heavy atom. The predicted molar refractivity (Wildman–Crippen MR) is 98.7 cm³/mol. The minimum atomic E-state index is 0.687. The van der Waals surface area contributed by atoms with Crippen molar-refractivity contribution in [1.82, 2.24) is 0 Å². The summed E-state index contributed by atoms with van der Waals surface area (Å²) in [4.78, 5) is 0. The molecule has 0 amide bonds. The number of hydrogen-bond donors (Lipinski definition) is 0. The van der Waals surface area contributed by atoms with Gasteiger partial charge in [0, 0.05) is 3.92 Å². The molecule has 4 saturated carbocycles. The van der Waals surface area contributed by atoms with Crippen molar-refractivity contribution in [2.24, 2.45) is 40.4 Å². The molecule has 0 heterocycles. The van der Waals surface area contributed by atoms with Crippen molar-refractivity contribution >= 4 is 22.6 Å². The summed E-state index contributed by atoms with van der Waals surface area (Å²) in [5, 5.41) is 0. The number of halogens is 1. The lowest BCUT2D eigenvalue weighted by atomic mass is 9.45. The van der Waals surface area contributed by atoms with E-state index in [1.54, 1.807) is 25.7 Å². The molecule has 0 aliphatic heterocycles. The summed E-state index contributed by atoms with van der Waals surface area (Å²) in [6, 6.07) is 0. The number of hydrogen-bond acceptors (Lipinski definition) is 0. The summed E-state index contributed by atoms with van der Waals surface area (Å²) >= 11 is 2.79. The van der Waals surface area contributed by atoms with Crippen LogP contribution in [0.5, 0.6) is 0 Å². The van der Waals surface area contributed by atoms with Gasteiger partial charge in [-0.1, -0.05) is 49.8 Å². The SMILES string of the molecule is CC1CCC2(C)C(CCC3C4CCC(I)C4(C)CCC32)C1. The molecule has 0 nitrogen and oxygen atoms in total. The fourth-order valence-corrected chi connectivity index (χ4v) is 8.54. The molecule has 21 heavy (non-hydrogen) atoms. The average Bonchev–Trinajstić information content (AvgIpc) is 2.76. The lowest BCUT2D eigenvalue weighted by Gasteiger charge is -2.61. The van der Waals surface area contributed by atoms with E-state index >= 15 is 0 Å². The monoisotopic (exact) mass is 400 g/mol. The van der Waals surface area contributed by atoms with E-state index < -0.39 is 0 Å². The van der Waals surface area contributed by atoms with Gasteiger partial charge in [0.05, 0.1) is 0 Å². The highest BCUT2D eigenvalue weighted by Gasteiger charge is 2.59. The third kappa shape index (κ3) is 2.11. The van der Waals surface area contributed by atoms with Crippen molar-refractivity contribution < 1.29 is 0 Å². The Bertz CT molecular complexity index is 418. The second-order valence-corrected chi connectivity index (χ2v) is 11.1. The summed E-state index contributed by atoms with van der Waals surface area (Å²) < 4.78 is 0.956. The van der Waals surface area contributed by atoms with Crippen molar-refractivity contribution in [1.29, 1.82) is 0 Å². The largest absolute Gasteiger partial charge is 0.0820 e. The third-order valence-electron chi connectivity index (χ3n) is 8.81. The molecule has 4 aliphatic rings. The molecular formula is C20H33I. The number of rotatable bonds is 0. The highest BCUT2D eigenvalue weighted by Crippen LogP contribution is 2.67. The molecular weight excluding hydrogens is 367 g/mol. The lowest BCUT2D eigenvalue weighted by molar-refractivity contribution is -0.108. The fraction of sp³-hybridized carbons (Fsp3) is 1.00. The Morgan fingerprint density at radius 1 is 0.810 bits per heavy atom. The molecule has 1 heteroatoms. The lowest BCUT2D eigenvalue weighted by Crippen LogP contribution is -2.53. The Hall–Kier alpha value is 0.730. The Labute approximate surface area is 145 Å². The van der Waals surface area contributed by atoms with Gasteiger partial charge in [0.2, 0.25) is 0 Å². The summed E-state index contributed by atoms with van der Waals surface area (Å²) in [6.45, 7) is 7.86. The minimum Gasteiger partial charge on any atom is -0.0820 e. The summed E-state index contributed by atoms with van der Waals surface area (Å²) in [7, 11) is 0. The first-order valence-corrected chi connectivity index (χ1v) is 10.8. The van der Waals surface area contributed by atoms with Crippen LogP contribution in [-0.2, 0) is 0 Å². The van der Waals surface area contributed by atoms with Gasteiger partial charge in [0.1, 0.15) is 0 Å². The van der Waals surface area contributed by atoms with E-state index in [0.29, 0.717) is 10.8 Å². The van der Waals surface area contributed by atoms with Crippen LogP contribution in [0.4, 0.5) is 0 Å². The Kier molecular flexibility index (Phi) is 3.72. The van der Waals surface area contributed by atoms with Crippen LogP contribution in [-0.4, -0.2) is 3.92 Å². The molecule has 0 saturated heterocycles. The number of alkyl halides is 1. The molecule has 0 aromatic rings. The smallest absolute Gasteiger partial charge is 0.0166 e. The molecule has 0 bridgehead atoms. The van der Waals surface area contributed by atoms with Crippen molar-refractivity contribution in [3.05, 3.63) is 0 Å². The van der Waals surface area contributed by atoms with E-state index in [4.69, 9.17) is 0 Å². The molecule has 4 aliphatic carbocycles. The van der Waals surface area contributed by atoms with Gasteiger partial charge < -0.3 is 0 Å². The van der Waals surface area contributed by atoms with Gasteiger partial charge in [0.25, 0.3) is 0 Å². The topological polar surface area (TPSA) is 0 Å². The molecule has 8 unspecified atom stereocenters. The average molecular weight is 400 g/mol. The van der Waals surface area contributed by atoms with Crippen molar-refractivity contribution in [2.75, 3.05) is 0 Å². The highest BCUT2D eigenvalue weighted by atomic mass is 127. The normalized spacial score (nSPS) is 60.0. The van der Waals surface area contributed by atoms with E-state index in [2.05, 4.69) is 43.4 Å². The van der Waals surface area contributed by atoms with Gasteiger partial charge >= 0.3 is 0 Å². The molecule has 0 radical (unpaired) electrons. The maximum Gasteiger partial charge on any atom is 0.0166 e. The summed E-state index contributed by atoms with van der Waals surface area (Å²) in [6.07, 6.45) is 13.8. The van der Waals surface area contributed by atoms with Crippen molar-refractivity contribution in [3.63, 3.8) is 0 Å². The van der Waals surface area contributed by atoms with Gasteiger partial charge in [0.15, 0.2) is 0 Å². The van der Waals surface area contributed by atoms with Gasteiger partial charge in [-0.3, -0.25) is 0 Å². The van der Waals surface area contributed by atoms with Crippen LogP contribution in [0.15, 0.2) is 0 Å². The van der Waals surface area contributed by atoms with E-state index in [9.17, 15) is 0 Å². The summed E-state index contributed by atoms with van der Waals surface area (Å²) in [5.74, 6) is 5.28. The molecule has 0 N–H and O–H groups in total. The van der Waals surface area contributed by atoms with E-state index in [1.807, 2.05) is 0 Å². The van der Waals surface area contributed by atoms with E-state index in [1.165, 1.54) is 32.1 Å². The molecule has 4 rings (SSSR count). The van der Waals surface area contributed by atoms with Crippen LogP contribution in [0.2, 0.25) is 0 Å². The molecule has 0 spiro atoms. The maximum absolute atomic E-state index is 2.79. The van der Waals surface area contributed by atoms with Crippen LogP contribution in [0, 0.1) is 40.4 Å². The molecule has 8 atom stereocenters. The maximum atomic E-state index is 2.79. The Morgan fingerprint density at radius 3 is 2.33 bits per heavy atom. The fourth-order valence-electron chi connectivity index (χ4n) is 7.41. The zero-order valence-corrected chi connectivity index (χ0v) is 16.4. The van der Waals surface area contributed by atoms with Crippen LogP contribution in [0.25, 0.3) is 0 Å². The first-order chi connectivity index (χ1) is 9.95. The van der Waals surface area contributed by atoms with E-state index in [0.717, 1.165) is 33.5 Å². The predicted octanol–water partition coefficient (Wildman–Crippen LogP) is 6.47. The van der Waals surface area contributed by atoms with Crippen LogP contribution >= 0.6 is 22.6 Å². The second-order valence-electron chi connectivity index (χ2n) is 9.63. The quantitative estimate of drug-likeness (QED) is 0.323. The van der Waals surface area contributed by atoms with Crippen LogP contribution in [0.3, 0.4) is 0 Å². The van der Waals surface area contributed by atoms with Crippen molar-refractivity contribution in [2.45, 2.75) is 82.5 Å². The van der Waals surface area contributed by atoms with E-state index in [-0.39, 0.29) is 0 Å². The molecule has 4 fully saturated rings. The third-order valence-corrected chi connectivity index (χ3v) is 10.9. The van der Waals surface area contributed by atoms with Crippen molar-refractivity contribution in [3.8, 4) is 0 Å². The van der Waals surface area contributed by atoms with Crippen LogP contribution < -0.4 is 0 Å². The number of fused-ring (bicyclic) bond motifs is 5. The van der Waals surface area contributed by atoms with Gasteiger partial charge in [-0.15, -0.1) is 0 Å². The standard InChI is InChI=1S/C20H33I/c1-13-8-10-19(2)14(12-13)4-5-15-16-6-7-18(21)20(16,3)11-9-17(15)19/h13-18H,4-12H2,1-3H3. The molecule has 0 aromatic heterocycles. The molecule has 120 valence electrons. The summed E-state index contributed by atoms with van der Waals surface area (Å²) in [5.41, 5.74) is 1.40. The highest BCUT2D eigenvalue weighted by molar-refractivity contribution is 14.1. The second kappa shape index (κ2) is 5.11. The first-order valence-electron chi connectivity index (χ1n) is 9.59. The van der Waals surface area contributed by atoms with Gasteiger partial charge in [-0.25, -0.2) is 0 Å². The first kappa shape index (κ1) is 15.3. The molecule has 0 aromatic carbocycles. The Balaban J connectivity index is 1.62. The minimum absolute atomic E-state index is 0.687. The van der Waals surface area contributed by atoms with Crippen LogP contribution in [0.1, 0.15) is 78.6 Å².